The highest BCUT2D eigenvalue weighted by molar-refractivity contribution is 8.25. The van der Waals surface area contributed by atoms with E-state index in [1.807, 2.05) is 0 Å². The molecule has 0 N–H and O–H groups in total. The zero-order valence-corrected chi connectivity index (χ0v) is 12.6. The molecule has 0 saturated heterocycles. The van der Waals surface area contributed by atoms with E-state index >= 15 is 0 Å². The maximum atomic E-state index is 12.9. The molecule has 0 atom stereocenters. The molecule has 0 unspecified atom stereocenters. The summed E-state index contributed by atoms with van der Waals surface area (Å²) in [4.78, 5) is 1.59. The lowest BCUT2D eigenvalue weighted by Crippen LogP contribution is -2.61. The third kappa shape index (κ3) is 4.20. The first-order valence-electron chi connectivity index (χ1n) is 5.64. The molecule has 0 bridgehead atoms. The van der Waals surface area contributed by atoms with E-state index in [-0.39, 0.29) is 0 Å². The van der Waals surface area contributed by atoms with Crippen LogP contribution >= 0.6 is 10.6 Å². The van der Waals surface area contributed by atoms with E-state index in [4.69, 9.17) is 0 Å². The summed E-state index contributed by atoms with van der Waals surface area (Å²) < 4.78 is 161. The Morgan fingerprint density at radius 3 is 1.44 bits per heavy atom. The first-order valence-corrected chi connectivity index (χ1v) is 7.94. The summed E-state index contributed by atoms with van der Waals surface area (Å²) in [5, 5.41) is 0. The molecule has 0 aliphatic carbocycles. The third-order valence-corrected chi connectivity index (χ3v) is 3.76. The second kappa shape index (κ2) is 5.72. The van der Waals surface area contributed by atoms with Gasteiger partial charge < -0.3 is 4.18 Å². The van der Waals surface area contributed by atoms with Crippen molar-refractivity contribution in [2.45, 2.75) is 30.4 Å². The van der Waals surface area contributed by atoms with Crippen LogP contribution in [0.2, 0.25) is 0 Å². The highest BCUT2D eigenvalue weighted by atomic mass is 32.3. The molecule has 1 aliphatic heterocycles. The molecule has 0 fully saturated rings. The van der Waals surface area contributed by atoms with Crippen molar-refractivity contribution in [2.75, 3.05) is 12.5 Å². The molecule has 1 aliphatic rings. The minimum absolute atomic E-state index is 0.359. The topological polar surface area (TPSA) is 30.8 Å². The van der Waals surface area contributed by atoms with Crippen LogP contribution in [0.3, 0.4) is 0 Å². The third-order valence-electron chi connectivity index (χ3n) is 2.55. The fraction of sp³-hybridized carbons (Fsp3) is 0.889. The van der Waals surface area contributed by atoms with E-state index in [2.05, 4.69) is 8.37 Å². The van der Waals surface area contributed by atoms with Gasteiger partial charge in [0, 0.05) is 12.5 Å². The van der Waals surface area contributed by atoms with Crippen molar-refractivity contribution >= 4 is 16.5 Å². The van der Waals surface area contributed by atoms with Crippen molar-refractivity contribution in [3.63, 3.8) is 0 Å². The van der Waals surface area contributed by atoms with E-state index in [1.54, 1.807) is 4.99 Å². The van der Waals surface area contributed by atoms with Crippen molar-refractivity contribution in [1.82, 2.24) is 0 Å². The van der Waals surface area contributed by atoms with Crippen LogP contribution in [0.4, 0.5) is 52.7 Å². The van der Waals surface area contributed by atoms with Gasteiger partial charge in [0.05, 0.1) is 0 Å². The summed E-state index contributed by atoms with van der Waals surface area (Å²) in [5.41, 5.74) is -5.62. The van der Waals surface area contributed by atoms with Gasteiger partial charge in [-0.25, -0.2) is 4.18 Å². The number of aliphatic imine (C=N–C) groups is 1. The molecule has 0 radical (unpaired) electrons. The van der Waals surface area contributed by atoms with Gasteiger partial charge in [-0.05, 0) is 0 Å². The number of hydrogen-bond donors (Lipinski definition) is 0. The number of halogens is 12. The van der Waals surface area contributed by atoms with E-state index in [9.17, 15) is 52.7 Å². The van der Waals surface area contributed by atoms with Crippen molar-refractivity contribution in [3.8, 4) is 0 Å². The van der Waals surface area contributed by atoms with Crippen LogP contribution in [0.5, 0.6) is 0 Å². The standard InChI is InChI=1S/C9H7F12NO2S/c1-25(2)23-4(3(5(10,11)12)6(13,14)15)22-7(24-25,8(16,17)18)9(19,20)21/h3H,1-2H3. The number of rotatable bonds is 1. The lowest BCUT2D eigenvalue weighted by Gasteiger charge is -2.48. The molecule has 0 aromatic heterocycles. The highest BCUT2D eigenvalue weighted by Crippen LogP contribution is 2.61. The number of nitrogens with zero attached hydrogens (tertiary/aromatic N) is 1. The van der Waals surface area contributed by atoms with Crippen molar-refractivity contribution < 1.29 is 61.1 Å². The first kappa shape index (κ1) is 22.0. The fourth-order valence-electron chi connectivity index (χ4n) is 1.67. The molecule has 25 heavy (non-hydrogen) atoms. The van der Waals surface area contributed by atoms with Gasteiger partial charge in [-0.15, -0.1) is 0 Å². The Bertz CT molecular complexity index is 515. The lowest BCUT2D eigenvalue weighted by molar-refractivity contribution is -0.356. The van der Waals surface area contributed by atoms with E-state index in [0.29, 0.717) is 12.5 Å². The molecule has 0 amide bonds. The second-order valence-corrected chi connectivity index (χ2v) is 7.53. The predicted molar refractivity (Wildman–Crippen MR) is 59.5 cm³/mol. The predicted octanol–water partition coefficient (Wildman–Crippen LogP) is 4.89. The summed E-state index contributed by atoms with van der Waals surface area (Å²) in [7, 11) is -4.14. The molecule has 1 heterocycles. The van der Waals surface area contributed by atoms with Crippen LogP contribution in [0.25, 0.3) is 0 Å². The van der Waals surface area contributed by atoms with Gasteiger partial charge in [0.25, 0.3) is 0 Å². The highest BCUT2D eigenvalue weighted by Gasteiger charge is 2.78. The van der Waals surface area contributed by atoms with E-state index in [0.717, 1.165) is 0 Å². The molecule has 1 rings (SSSR count). The largest absolute Gasteiger partial charge is 0.450 e. The van der Waals surface area contributed by atoms with Crippen LogP contribution < -0.4 is 0 Å². The van der Waals surface area contributed by atoms with Crippen molar-refractivity contribution in [3.05, 3.63) is 0 Å². The molecule has 0 aromatic rings. The van der Waals surface area contributed by atoms with Crippen molar-refractivity contribution in [2.24, 2.45) is 10.9 Å². The zero-order valence-electron chi connectivity index (χ0n) is 11.8. The molecule has 0 saturated carbocycles. The molecule has 3 nitrogen and oxygen atoms in total. The van der Waals surface area contributed by atoms with Crippen LogP contribution in [0, 0.1) is 5.92 Å². The Kier molecular flexibility index (Phi) is 5.03. The summed E-state index contributed by atoms with van der Waals surface area (Å²) in [6, 6.07) is 0. The first-order chi connectivity index (χ1) is 10.6. The molecule has 16 heteroatoms. The van der Waals surface area contributed by atoms with Gasteiger partial charge in [-0.2, -0.15) is 68.3 Å². The molecule has 0 spiro atoms. The molecular formula is C9H7F12NO2S. The van der Waals surface area contributed by atoms with E-state index < -0.39 is 52.8 Å². The summed E-state index contributed by atoms with van der Waals surface area (Å²) in [6.45, 7) is 0. The fourth-order valence-corrected chi connectivity index (χ4v) is 3.05. The van der Waals surface area contributed by atoms with Gasteiger partial charge in [0.2, 0.25) is 11.8 Å². The maximum Gasteiger partial charge on any atom is 0.450 e. The lowest BCUT2D eigenvalue weighted by atomic mass is 10.1. The maximum absolute atomic E-state index is 12.9. The molecule has 0 aromatic carbocycles. The molecular weight excluding hydrogens is 414 g/mol. The quantitative estimate of drug-likeness (QED) is 0.565. The van der Waals surface area contributed by atoms with Gasteiger partial charge in [0.1, 0.15) is 0 Å². The Morgan fingerprint density at radius 2 is 1.16 bits per heavy atom. The number of alkyl halides is 12. The molecule has 150 valence electrons. The van der Waals surface area contributed by atoms with Gasteiger partial charge >= 0.3 is 30.4 Å². The van der Waals surface area contributed by atoms with Gasteiger partial charge in [-0.3, -0.25) is 0 Å². The van der Waals surface area contributed by atoms with Crippen LogP contribution in [0.15, 0.2) is 4.99 Å². The average molecular weight is 421 g/mol. The van der Waals surface area contributed by atoms with Gasteiger partial charge in [0.15, 0.2) is 0 Å². The van der Waals surface area contributed by atoms with Gasteiger partial charge in [-0.1, -0.05) is 0 Å². The smallest absolute Gasteiger partial charge is 0.376 e. The minimum Gasteiger partial charge on any atom is -0.376 e. The Balaban J connectivity index is 3.77. The number of hydrogen-bond acceptors (Lipinski definition) is 3. The second-order valence-electron chi connectivity index (χ2n) is 4.92. The van der Waals surface area contributed by atoms with Crippen molar-refractivity contribution in [1.29, 1.82) is 0 Å². The van der Waals surface area contributed by atoms with Crippen LogP contribution in [-0.2, 0) is 8.37 Å². The summed E-state index contributed by atoms with van der Waals surface area (Å²) in [6.07, 6.45) is -24.9. The summed E-state index contributed by atoms with van der Waals surface area (Å²) >= 11 is 0. The van der Waals surface area contributed by atoms with Crippen LogP contribution in [-0.4, -0.2) is 48.8 Å². The average Bonchev–Trinajstić information content (AvgIpc) is 2.18. The SMILES string of the molecule is CS1(C)OC(C(C(F)(F)F)C(F)(F)F)=NC(C(F)(F)F)(C(F)(F)F)O1. The van der Waals surface area contributed by atoms with E-state index in [1.165, 1.54) is 0 Å². The monoisotopic (exact) mass is 421 g/mol. The minimum atomic E-state index is -6.51. The Labute approximate surface area is 132 Å². The Hall–Kier alpha value is -1.06. The van der Waals surface area contributed by atoms with Crippen LogP contribution in [0.1, 0.15) is 0 Å². The zero-order chi connectivity index (χ0) is 20.3. The normalized spacial score (nSPS) is 23.1. The Morgan fingerprint density at radius 1 is 0.800 bits per heavy atom. The summed E-state index contributed by atoms with van der Waals surface area (Å²) in [5.74, 6) is -7.61.